The first-order valence-corrected chi connectivity index (χ1v) is 10.8. The third-order valence-electron chi connectivity index (χ3n) is 6.41. The van der Waals surface area contributed by atoms with E-state index in [9.17, 15) is 14.7 Å². The normalized spacial score (nSPS) is 21.5. The number of benzene rings is 2. The summed E-state index contributed by atoms with van der Waals surface area (Å²) in [5.74, 6) is 0.0750. The summed E-state index contributed by atoms with van der Waals surface area (Å²) in [5, 5.41) is 15.9. The minimum atomic E-state index is -1.15. The van der Waals surface area contributed by atoms with Crippen molar-refractivity contribution in [2.75, 3.05) is 14.1 Å². The third-order valence-corrected chi connectivity index (χ3v) is 6.41. The Morgan fingerprint density at radius 1 is 0.968 bits per heavy atom. The molecule has 0 bridgehead atoms. The molecule has 3 rings (SSSR count). The number of nitrogens with one attached hydrogen (secondary N) is 1. The van der Waals surface area contributed by atoms with Crippen molar-refractivity contribution >= 4 is 12.0 Å². The highest BCUT2D eigenvalue weighted by molar-refractivity contribution is 5.90. The molecular weight excluding hydrogens is 390 g/mol. The van der Waals surface area contributed by atoms with E-state index in [1.807, 2.05) is 62.4 Å². The number of hydrogen-bond donors (Lipinski definition) is 2. The van der Waals surface area contributed by atoms with Gasteiger partial charge in [0.15, 0.2) is 0 Å². The van der Waals surface area contributed by atoms with Crippen LogP contribution in [0.1, 0.15) is 56.6 Å². The first-order chi connectivity index (χ1) is 14.7. The van der Waals surface area contributed by atoms with Crippen molar-refractivity contribution in [2.24, 2.45) is 0 Å². The van der Waals surface area contributed by atoms with Crippen molar-refractivity contribution in [3.05, 3.63) is 71.8 Å². The van der Waals surface area contributed by atoms with E-state index >= 15 is 0 Å². The molecule has 0 unspecified atom stereocenters. The molecular formula is C25H33N3O3. The maximum Gasteiger partial charge on any atom is 0.423 e. The van der Waals surface area contributed by atoms with Gasteiger partial charge < -0.3 is 10.4 Å². The molecule has 2 aromatic carbocycles. The molecule has 1 aliphatic carbocycles. The van der Waals surface area contributed by atoms with Crippen LogP contribution in [0.5, 0.6) is 0 Å². The Balaban J connectivity index is 1.90. The van der Waals surface area contributed by atoms with Crippen LogP contribution in [0.4, 0.5) is 4.79 Å². The lowest BCUT2D eigenvalue weighted by molar-refractivity contribution is -0.149. The van der Waals surface area contributed by atoms with Gasteiger partial charge in [-0.15, -0.1) is 0 Å². The molecule has 0 spiro atoms. The molecule has 2 N–H and O–H groups in total. The third kappa shape index (κ3) is 4.74. The fraction of sp³-hybridized carbons (Fsp3) is 0.440. The lowest BCUT2D eigenvalue weighted by atomic mass is 9.72. The zero-order valence-electron chi connectivity index (χ0n) is 18.8. The number of carbonyl (C=O) groups is 2. The van der Waals surface area contributed by atoms with Gasteiger partial charge in [0, 0.05) is 14.1 Å². The standard InChI is InChI=1S/C25H33N3O3/c1-24(2,21-13-9-6-10-14-21)26-22(29)25(28(23(30)31)27(3)4)17-15-20(16-18-25)19-11-7-5-8-12-19/h5-14,20H,15-18H2,1-4H3,(H,26,29)(H,30,31). The molecule has 1 fully saturated rings. The second-order valence-corrected chi connectivity index (χ2v) is 9.10. The number of hydrazine groups is 1. The predicted octanol–water partition coefficient (Wildman–Crippen LogP) is 4.59. The summed E-state index contributed by atoms with van der Waals surface area (Å²) in [4.78, 5) is 26.0. The van der Waals surface area contributed by atoms with E-state index in [1.54, 1.807) is 14.1 Å². The Hall–Kier alpha value is -2.86. The molecule has 0 saturated heterocycles. The lowest BCUT2D eigenvalue weighted by Crippen LogP contribution is -2.67. The van der Waals surface area contributed by atoms with Crippen molar-refractivity contribution in [3.8, 4) is 0 Å². The van der Waals surface area contributed by atoms with E-state index in [0.717, 1.165) is 18.4 Å². The molecule has 166 valence electrons. The van der Waals surface area contributed by atoms with E-state index < -0.39 is 17.2 Å². The zero-order valence-corrected chi connectivity index (χ0v) is 18.8. The van der Waals surface area contributed by atoms with Crippen LogP contribution >= 0.6 is 0 Å². The Kier molecular flexibility index (Phi) is 6.70. The number of hydrogen-bond acceptors (Lipinski definition) is 3. The second-order valence-electron chi connectivity index (χ2n) is 9.10. The van der Waals surface area contributed by atoms with Gasteiger partial charge in [0.05, 0.1) is 5.54 Å². The van der Waals surface area contributed by atoms with Crippen molar-refractivity contribution in [1.82, 2.24) is 15.3 Å². The molecule has 31 heavy (non-hydrogen) atoms. The summed E-state index contributed by atoms with van der Waals surface area (Å²) >= 11 is 0. The molecule has 6 nitrogen and oxygen atoms in total. The van der Waals surface area contributed by atoms with Crippen LogP contribution in [-0.4, -0.2) is 46.8 Å². The average Bonchev–Trinajstić information content (AvgIpc) is 2.74. The van der Waals surface area contributed by atoms with Crippen LogP contribution in [-0.2, 0) is 10.3 Å². The zero-order chi connectivity index (χ0) is 22.6. The SMILES string of the molecule is CN(C)N(C(=O)O)C1(C(=O)NC(C)(C)c2ccccc2)CCC(c2ccccc2)CC1. The number of carboxylic acid groups (broad SMARTS) is 1. The minimum absolute atomic E-state index is 0.246. The molecule has 0 atom stereocenters. The van der Waals surface area contributed by atoms with Crippen molar-refractivity contribution in [1.29, 1.82) is 0 Å². The summed E-state index contributed by atoms with van der Waals surface area (Å²) in [6.45, 7) is 3.90. The molecule has 1 aliphatic rings. The maximum absolute atomic E-state index is 13.8. The smallest absolute Gasteiger partial charge is 0.423 e. The monoisotopic (exact) mass is 423 g/mol. The van der Waals surface area contributed by atoms with E-state index in [0.29, 0.717) is 18.8 Å². The largest absolute Gasteiger partial charge is 0.464 e. The fourth-order valence-corrected chi connectivity index (χ4v) is 4.75. The highest BCUT2D eigenvalue weighted by Gasteiger charge is 2.51. The molecule has 2 amide bonds. The average molecular weight is 424 g/mol. The number of amides is 2. The number of nitrogens with zero attached hydrogens (tertiary/aromatic N) is 2. The highest BCUT2D eigenvalue weighted by atomic mass is 16.4. The van der Waals surface area contributed by atoms with E-state index in [2.05, 4.69) is 17.4 Å². The Bertz CT molecular complexity index is 889. The van der Waals surface area contributed by atoms with Crippen LogP contribution in [0.25, 0.3) is 0 Å². The predicted molar refractivity (Wildman–Crippen MR) is 122 cm³/mol. The minimum Gasteiger partial charge on any atom is -0.464 e. The molecule has 0 aliphatic heterocycles. The summed E-state index contributed by atoms with van der Waals surface area (Å²) in [5.41, 5.74) is 0.446. The lowest BCUT2D eigenvalue weighted by Gasteiger charge is -2.48. The summed E-state index contributed by atoms with van der Waals surface area (Å²) in [6.07, 6.45) is 1.32. The van der Waals surface area contributed by atoms with Gasteiger partial charge >= 0.3 is 6.09 Å². The topological polar surface area (TPSA) is 72.9 Å². The van der Waals surface area contributed by atoms with Crippen molar-refractivity contribution in [3.63, 3.8) is 0 Å². The number of carbonyl (C=O) groups excluding carboxylic acids is 1. The van der Waals surface area contributed by atoms with E-state index in [-0.39, 0.29) is 5.91 Å². The Morgan fingerprint density at radius 2 is 1.48 bits per heavy atom. The van der Waals surface area contributed by atoms with Gasteiger partial charge in [0.25, 0.3) is 0 Å². The Morgan fingerprint density at radius 3 is 1.97 bits per heavy atom. The summed E-state index contributed by atoms with van der Waals surface area (Å²) < 4.78 is 0. The van der Waals surface area contributed by atoms with Gasteiger partial charge in [-0.05, 0) is 56.6 Å². The fourth-order valence-electron chi connectivity index (χ4n) is 4.75. The van der Waals surface area contributed by atoms with Crippen LogP contribution in [0.15, 0.2) is 60.7 Å². The number of rotatable bonds is 6. The second kappa shape index (κ2) is 9.10. The van der Waals surface area contributed by atoms with Gasteiger partial charge in [0.1, 0.15) is 5.54 Å². The maximum atomic E-state index is 13.8. The molecule has 0 heterocycles. The van der Waals surface area contributed by atoms with Gasteiger partial charge in [-0.25, -0.2) is 14.8 Å². The van der Waals surface area contributed by atoms with Crippen molar-refractivity contribution < 1.29 is 14.7 Å². The molecule has 0 radical (unpaired) electrons. The van der Waals surface area contributed by atoms with Gasteiger partial charge in [0.2, 0.25) is 5.91 Å². The van der Waals surface area contributed by atoms with Crippen LogP contribution < -0.4 is 5.32 Å². The first kappa shape index (κ1) is 22.8. The van der Waals surface area contributed by atoms with Gasteiger partial charge in [-0.2, -0.15) is 0 Å². The van der Waals surface area contributed by atoms with E-state index in [4.69, 9.17) is 0 Å². The molecule has 6 heteroatoms. The highest BCUT2D eigenvalue weighted by Crippen LogP contribution is 2.42. The van der Waals surface area contributed by atoms with Gasteiger partial charge in [-0.3, -0.25) is 4.79 Å². The Labute approximate surface area is 184 Å². The van der Waals surface area contributed by atoms with Crippen LogP contribution in [0.2, 0.25) is 0 Å². The quantitative estimate of drug-likeness (QED) is 0.667. The molecule has 1 saturated carbocycles. The van der Waals surface area contributed by atoms with Crippen molar-refractivity contribution in [2.45, 2.75) is 56.5 Å². The van der Waals surface area contributed by atoms with E-state index in [1.165, 1.54) is 15.6 Å². The first-order valence-electron chi connectivity index (χ1n) is 10.8. The molecule has 2 aromatic rings. The van der Waals surface area contributed by atoms with Crippen LogP contribution in [0, 0.1) is 0 Å². The summed E-state index contributed by atoms with van der Waals surface area (Å²) in [7, 11) is 3.35. The summed E-state index contributed by atoms with van der Waals surface area (Å²) in [6, 6.07) is 20.0. The van der Waals surface area contributed by atoms with Crippen LogP contribution in [0.3, 0.4) is 0 Å². The van der Waals surface area contributed by atoms with Gasteiger partial charge in [-0.1, -0.05) is 60.7 Å². The molecule has 0 aromatic heterocycles.